The Kier molecular flexibility index (Phi) is 5.77. The van der Waals surface area contributed by atoms with E-state index in [1.165, 1.54) is 11.1 Å². The molecule has 0 fully saturated rings. The minimum Gasteiger partial charge on any atom is -0.546 e. The van der Waals surface area contributed by atoms with E-state index in [1.54, 1.807) is 0 Å². The fourth-order valence-corrected chi connectivity index (χ4v) is 4.59. The van der Waals surface area contributed by atoms with Crippen molar-refractivity contribution in [1.82, 2.24) is 0 Å². The molecule has 0 bridgehead atoms. The zero-order chi connectivity index (χ0) is 19.0. The van der Waals surface area contributed by atoms with Gasteiger partial charge in [-0.3, -0.25) is 0 Å². The van der Waals surface area contributed by atoms with Crippen LogP contribution in [0.1, 0.15) is 66.0 Å². The maximum absolute atomic E-state index is 6.48. The molecule has 140 valence electrons. The summed E-state index contributed by atoms with van der Waals surface area (Å²) in [5, 5.41) is 0. The topological polar surface area (TPSA) is 18.5 Å². The van der Waals surface area contributed by atoms with Gasteiger partial charge in [0.2, 0.25) is 9.04 Å². The van der Waals surface area contributed by atoms with Crippen molar-refractivity contribution in [3.8, 4) is 5.75 Å². The largest absolute Gasteiger partial charge is 0.546 e. The van der Waals surface area contributed by atoms with E-state index in [1.807, 2.05) is 0 Å². The second kappa shape index (κ2) is 7.18. The molecule has 2 nitrogen and oxygen atoms in total. The van der Waals surface area contributed by atoms with Crippen LogP contribution in [0, 0.1) is 11.3 Å². The van der Waals surface area contributed by atoms with Crippen LogP contribution < -0.4 is 4.43 Å². The number of ether oxygens (including phenoxy) is 1. The van der Waals surface area contributed by atoms with Crippen LogP contribution in [0.2, 0.25) is 13.1 Å². The Balaban J connectivity index is 2.76. The third kappa shape index (κ3) is 4.31. The van der Waals surface area contributed by atoms with Gasteiger partial charge in [0.05, 0.1) is 12.2 Å². The van der Waals surface area contributed by atoms with Gasteiger partial charge in [0.25, 0.3) is 0 Å². The molecule has 0 aliphatic carbocycles. The van der Waals surface area contributed by atoms with Crippen LogP contribution in [0.4, 0.5) is 0 Å². The first-order valence-electron chi connectivity index (χ1n) is 9.63. The normalized spacial score (nSPS) is 17.9. The molecule has 0 spiro atoms. The second-order valence-electron chi connectivity index (χ2n) is 9.48. The maximum atomic E-state index is 6.48. The average Bonchev–Trinajstić information content (AvgIpc) is 2.43. The molecule has 2 rings (SSSR count). The van der Waals surface area contributed by atoms with Crippen LogP contribution in [0.25, 0.3) is 5.76 Å². The molecule has 1 aliphatic rings. The van der Waals surface area contributed by atoms with Gasteiger partial charge in [-0.05, 0) is 53.5 Å². The van der Waals surface area contributed by atoms with E-state index in [9.17, 15) is 0 Å². The Morgan fingerprint density at radius 3 is 2.32 bits per heavy atom. The highest BCUT2D eigenvalue weighted by Crippen LogP contribution is 2.47. The van der Waals surface area contributed by atoms with Gasteiger partial charge in [0.1, 0.15) is 11.5 Å². The summed E-state index contributed by atoms with van der Waals surface area (Å²) in [5.74, 6) is 2.55. The van der Waals surface area contributed by atoms with Crippen molar-refractivity contribution >= 4 is 14.8 Å². The first kappa shape index (κ1) is 20.1. The standard InChI is InChI=1S/C22H36O2Si/c1-15(2)18-20(23-14-13-22(18,6)7)16-11-10-12-17(21(3,4)5)19(16)24-25(8)9/h10-12,15,25H,13-14H2,1-9H3. The third-order valence-electron chi connectivity index (χ3n) is 4.95. The summed E-state index contributed by atoms with van der Waals surface area (Å²) in [6.07, 6.45) is 1.07. The monoisotopic (exact) mass is 360 g/mol. The van der Waals surface area contributed by atoms with E-state index < -0.39 is 9.04 Å². The smallest absolute Gasteiger partial charge is 0.229 e. The van der Waals surface area contributed by atoms with Crippen LogP contribution in [0.3, 0.4) is 0 Å². The van der Waals surface area contributed by atoms with Crippen molar-refractivity contribution in [3.05, 3.63) is 34.9 Å². The first-order valence-corrected chi connectivity index (χ1v) is 12.4. The highest BCUT2D eigenvalue weighted by Gasteiger charge is 2.35. The molecule has 0 atom stereocenters. The van der Waals surface area contributed by atoms with Crippen molar-refractivity contribution in [2.45, 2.75) is 73.4 Å². The minimum atomic E-state index is -1.24. The number of hydrogen-bond acceptors (Lipinski definition) is 2. The molecule has 1 aromatic carbocycles. The molecule has 0 aromatic heterocycles. The van der Waals surface area contributed by atoms with Crippen molar-refractivity contribution < 1.29 is 9.16 Å². The second-order valence-corrected chi connectivity index (χ2v) is 11.8. The Morgan fingerprint density at radius 2 is 1.80 bits per heavy atom. The first-order chi connectivity index (χ1) is 11.4. The van der Waals surface area contributed by atoms with Gasteiger partial charge in [0.15, 0.2) is 0 Å². The minimum absolute atomic E-state index is 0.0391. The van der Waals surface area contributed by atoms with Crippen LogP contribution in [-0.4, -0.2) is 15.6 Å². The predicted molar refractivity (Wildman–Crippen MR) is 111 cm³/mol. The zero-order valence-electron chi connectivity index (χ0n) is 17.6. The number of benzene rings is 1. The lowest BCUT2D eigenvalue weighted by molar-refractivity contribution is 0.180. The van der Waals surface area contributed by atoms with Crippen LogP contribution >= 0.6 is 0 Å². The summed E-state index contributed by atoms with van der Waals surface area (Å²) in [4.78, 5) is 0. The van der Waals surface area contributed by atoms with Gasteiger partial charge in [0, 0.05) is 0 Å². The Hall–Kier alpha value is -1.22. The molecule has 1 aliphatic heterocycles. The third-order valence-corrected chi connectivity index (χ3v) is 5.65. The van der Waals surface area contributed by atoms with E-state index in [-0.39, 0.29) is 10.8 Å². The molecule has 0 unspecified atom stereocenters. The molecule has 1 heterocycles. The summed E-state index contributed by atoms with van der Waals surface area (Å²) in [6.45, 7) is 21.2. The van der Waals surface area contributed by atoms with E-state index in [2.05, 4.69) is 79.8 Å². The van der Waals surface area contributed by atoms with E-state index in [4.69, 9.17) is 9.16 Å². The Morgan fingerprint density at radius 1 is 1.16 bits per heavy atom. The molecule has 0 radical (unpaired) electrons. The van der Waals surface area contributed by atoms with E-state index in [0.717, 1.165) is 30.1 Å². The fourth-order valence-electron chi connectivity index (χ4n) is 3.86. The zero-order valence-corrected chi connectivity index (χ0v) is 18.8. The lowest BCUT2D eigenvalue weighted by Crippen LogP contribution is -2.28. The number of allylic oxidation sites excluding steroid dienone is 1. The summed E-state index contributed by atoms with van der Waals surface area (Å²) < 4.78 is 12.8. The quantitative estimate of drug-likeness (QED) is 0.599. The molecule has 0 saturated heterocycles. The number of hydrogen-bond donors (Lipinski definition) is 0. The fraction of sp³-hybridized carbons (Fsp3) is 0.636. The molecule has 3 heteroatoms. The maximum Gasteiger partial charge on any atom is 0.229 e. The highest BCUT2D eigenvalue weighted by molar-refractivity contribution is 6.49. The van der Waals surface area contributed by atoms with Gasteiger partial charge in [-0.2, -0.15) is 0 Å². The summed E-state index contributed by atoms with van der Waals surface area (Å²) in [5.41, 5.74) is 4.03. The lowest BCUT2D eigenvalue weighted by Gasteiger charge is -2.38. The van der Waals surface area contributed by atoms with Gasteiger partial charge in [-0.25, -0.2) is 0 Å². The van der Waals surface area contributed by atoms with E-state index in [0.29, 0.717) is 5.92 Å². The van der Waals surface area contributed by atoms with Crippen molar-refractivity contribution in [2.75, 3.05) is 6.61 Å². The SMILES string of the molecule is CC(C)C1=C(c2cccc(C(C)(C)C)c2O[SiH](C)C)OCCC1(C)C. The van der Waals surface area contributed by atoms with Crippen LogP contribution in [-0.2, 0) is 10.2 Å². The van der Waals surface area contributed by atoms with Gasteiger partial charge >= 0.3 is 0 Å². The molecule has 25 heavy (non-hydrogen) atoms. The highest BCUT2D eigenvalue weighted by atomic mass is 28.3. The molecule has 0 amide bonds. The number of para-hydroxylation sites is 1. The number of rotatable bonds is 4. The Labute approximate surface area is 156 Å². The average molecular weight is 361 g/mol. The van der Waals surface area contributed by atoms with Crippen LogP contribution in [0.15, 0.2) is 23.8 Å². The van der Waals surface area contributed by atoms with Crippen molar-refractivity contribution in [1.29, 1.82) is 0 Å². The Bertz CT molecular complexity index is 648. The summed E-state index contributed by atoms with van der Waals surface area (Å²) >= 11 is 0. The summed E-state index contributed by atoms with van der Waals surface area (Å²) in [6, 6.07) is 6.54. The predicted octanol–water partition coefficient (Wildman–Crippen LogP) is 6.16. The van der Waals surface area contributed by atoms with Crippen LogP contribution in [0.5, 0.6) is 5.75 Å². The van der Waals surface area contributed by atoms with Crippen molar-refractivity contribution in [3.63, 3.8) is 0 Å². The summed E-state index contributed by atoms with van der Waals surface area (Å²) in [7, 11) is -1.24. The van der Waals surface area contributed by atoms with Crippen molar-refractivity contribution in [2.24, 2.45) is 11.3 Å². The van der Waals surface area contributed by atoms with Gasteiger partial charge in [-0.1, -0.05) is 60.6 Å². The molecule has 0 saturated carbocycles. The molecular weight excluding hydrogens is 324 g/mol. The molecule has 0 N–H and O–H groups in total. The molecule has 1 aromatic rings. The van der Waals surface area contributed by atoms with Gasteiger partial charge in [-0.15, -0.1) is 0 Å². The van der Waals surface area contributed by atoms with Gasteiger partial charge < -0.3 is 9.16 Å². The molecular formula is C22H36O2Si. The lowest BCUT2D eigenvalue weighted by atomic mass is 9.73. The van der Waals surface area contributed by atoms with E-state index >= 15 is 0 Å².